The lowest BCUT2D eigenvalue weighted by Gasteiger charge is -2.17. The van der Waals surface area contributed by atoms with Gasteiger partial charge in [-0.1, -0.05) is 26.0 Å². The second-order valence-electron chi connectivity index (χ2n) is 7.95. The number of hydrogen-bond acceptors (Lipinski definition) is 4. The van der Waals surface area contributed by atoms with E-state index in [-0.39, 0.29) is 12.0 Å². The summed E-state index contributed by atoms with van der Waals surface area (Å²) < 4.78 is 24.8. The fourth-order valence-electron chi connectivity index (χ4n) is 3.10. The molecule has 0 aliphatic carbocycles. The van der Waals surface area contributed by atoms with E-state index in [1.807, 2.05) is 86.7 Å². The molecule has 33 heavy (non-hydrogen) atoms. The molecule has 0 N–H and O–H groups in total. The third-order valence-electron chi connectivity index (χ3n) is 4.58. The molecule has 0 aliphatic heterocycles. The summed E-state index contributed by atoms with van der Waals surface area (Å²) in [6.07, 6.45) is 2.03. The summed E-state index contributed by atoms with van der Waals surface area (Å²) in [4.78, 5) is 0. The molecule has 3 rings (SSSR count). The smallest absolute Gasteiger partial charge is 0.169 e. The molecule has 0 saturated carbocycles. The molecule has 0 aromatic heterocycles. The molecule has 6 heteroatoms. The van der Waals surface area contributed by atoms with Gasteiger partial charge in [0.2, 0.25) is 0 Å². The van der Waals surface area contributed by atoms with Crippen LogP contribution < -0.4 is 18.9 Å². The molecule has 0 heterocycles. The molecular weight excluding hydrogens is 548 g/mol. The number of benzene rings is 3. The van der Waals surface area contributed by atoms with Crippen molar-refractivity contribution in [1.29, 1.82) is 0 Å². The number of hydrogen-bond donors (Lipinski definition) is 0. The van der Waals surface area contributed by atoms with Crippen LogP contribution in [-0.4, -0.2) is 12.7 Å². The van der Waals surface area contributed by atoms with E-state index >= 15 is 0 Å². The van der Waals surface area contributed by atoms with Crippen molar-refractivity contribution in [2.75, 3.05) is 6.61 Å². The molecule has 0 atom stereocenters. The van der Waals surface area contributed by atoms with E-state index in [0.29, 0.717) is 23.9 Å². The predicted molar refractivity (Wildman–Crippen MR) is 141 cm³/mol. The van der Waals surface area contributed by atoms with Gasteiger partial charge in [0.05, 0.1) is 9.50 Å². The number of ether oxygens (including phenoxy) is 4. The van der Waals surface area contributed by atoms with Gasteiger partial charge in [-0.25, -0.2) is 0 Å². The number of rotatable bonds is 10. The number of para-hydroxylation sites is 2. The van der Waals surface area contributed by atoms with E-state index in [2.05, 4.69) is 45.7 Å². The van der Waals surface area contributed by atoms with Gasteiger partial charge in [-0.3, -0.25) is 0 Å². The summed E-state index contributed by atoms with van der Waals surface area (Å²) in [7, 11) is 0. The first-order valence-electron chi connectivity index (χ1n) is 10.8. The van der Waals surface area contributed by atoms with E-state index in [4.69, 9.17) is 18.9 Å². The monoisotopic (exact) mass is 574 g/mol. The second-order valence-corrected chi connectivity index (χ2v) is 10.7. The third kappa shape index (κ3) is 7.83. The maximum atomic E-state index is 6.21. The molecule has 4 nitrogen and oxygen atoms in total. The van der Waals surface area contributed by atoms with Gasteiger partial charge in [-0.2, -0.15) is 0 Å². The fourth-order valence-corrected chi connectivity index (χ4v) is 3.36. The van der Waals surface area contributed by atoms with Crippen LogP contribution in [0, 0.1) is 0 Å². The van der Waals surface area contributed by atoms with Crippen molar-refractivity contribution in [3.8, 4) is 34.5 Å². The van der Waals surface area contributed by atoms with E-state index < -0.39 is 0 Å². The Kier molecular flexibility index (Phi) is 9.27. The molecule has 0 radical (unpaired) electrons. The van der Waals surface area contributed by atoms with Gasteiger partial charge < -0.3 is 18.9 Å². The van der Waals surface area contributed by atoms with E-state index in [9.17, 15) is 0 Å². The first-order chi connectivity index (χ1) is 15.8. The Hall–Kier alpha value is -2.44. The summed E-state index contributed by atoms with van der Waals surface area (Å²) >= 11 is 6.69. The zero-order chi connectivity index (χ0) is 23.8. The predicted octanol–water partition coefficient (Wildman–Crippen LogP) is 9.19. The summed E-state index contributed by atoms with van der Waals surface area (Å²) in [6, 6.07) is 21.1. The molecule has 0 spiro atoms. The molecule has 174 valence electrons. The summed E-state index contributed by atoms with van der Waals surface area (Å²) in [5.41, 5.74) is 1.07. The van der Waals surface area contributed by atoms with Crippen LogP contribution in [-0.2, 0) is 0 Å². The van der Waals surface area contributed by atoms with E-state index in [0.717, 1.165) is 26.2 Å². The Morgan fingerprint density at radius 3 is 1.91 bits per heavy atom. The highest BCUT2D eigenvalue weighted by molar-refractivity contribution is 9.28. The van der Waals surface area contributed by atoms with Crippen molar-refractivity contribution in [2.24, 2.45) is 0 Å². The van der Waals surface area contributed by atoms with Crippen LogP contribution in [0.1, 0.15) is 39.2 Å². The van der Waals surface area contributed by atoms with Crippen LogP contribution in [0.4, 0.5) is 0 Å². The normalized spacial score (nSPS) is 10.8. The first kappa shape index (κ1) is 25.2. The lowest BCUT2D eigenvalue weighted by atomic mass is 10.0. The van der Waals surface area contributed by atoms with Crippen molar-refractivity contribution in [3.05, 3.63) is 81.8 Å². The first-order valence-corrected chi connectivity index (χ1v) is 12.4. The van der Waals surface area contributed by atoms with Gasteiger partial charge in [0.15, 0.2) is 11.5 Å². The Balaban J connectivity index is 1.77. The molecule has 0 bridgehead atoms. The average molecular weight is 576 g/mol. The summed E-state index contributed by atoms with van der Waals surface area (Å²) in [5.74, 6) is 4.62. The Morgan fingerprint density at radius 1 is 0.758 bits per heavy atom. The topological polar surface area (TPSA) is 36.9 Å². The lowest BCUT2D eigenvalue weighted by Crippen LogP contribution is -2.05. The summed E-state index contributed by atoms with van der Waals surface area (Å²) in [6.45, 7) is 8.73. The largest absolute Gasteiger partial charge is 0.491 e. The fraction of sp³-hybridized carbons (Fsp3) is 0.259. The molecule has 3 aromatic carbocycles. The Labute approximate surface area is 212 Å². The summed E-state index contributed by atoms with van der Waals surface area (Å²) in [5, 5.41) is 0. The highest BCUT2D eigenvalue weighted by Gasteiger charge is 2.13. The highest BCUT2D eigenvalue weighted by Crippen LogP contribution is 2.37. The van der Waals surface area contributed by atoms with Crippen molar-refractivity contribution in [1.82, 2.24) is 0 Å². The van der Waals surface area contributed by atoms with Crippen LogP contribution in [0.15, 0.2) is 76.2 Å². The molecule has 0 aliphatic rings. The minimum atomic E-state index is 0.126. The van der Waals surface area contributed by atoms with E-state index in [1.165, 1.54) is 0 Å². The van der Waals surface area contributed by atoms with Crippen molar-refractivity contribution in [3.63, 3.8) is 0 Å². The molecule has 0 saturated heterocycles. The van der Waals surface area contributed by atoms with Crippen molar-refractivity contribution in [2.45, 2.75) is 39.7 Å². The van der Waals surface area contributed by atoms with Gasteiger partial charge in [0.25, 0.3) is 0 Å². The minimum absolute atomic E-state index is 0.126. The maximum Gasteiger partial charge on any atom is 0.169 e. The second kappa shape index (κ2) is 12.1. The quantitative estimate of drug-likeness (QED) is 0.241. The van der Waals surface area contributed by atoms with Crippen LogP contribution in [0.5, 0.6) is 34.5 Å². The SMILES string of the molecule is CC(C)Oc1ccc(Oc2ccccc2Oc2ccc(OCC=C(Br)Br)c(C(C)C)c2)cc1. The zero-order valence-electron chi connectivity index (χ0n) is 19.2. The van der Waals surface area contributed by atoms with Crippen LogP contribution in [0.25, 0.3) is 0 Å². The number of halogens is 2. The van der Waals surface area contributed by atoms with Crippen LogP contribution in [0.2, 0.25) is 0 Å². The van der Waals surface area contributed by atoms with Crippen LogP contribution >= 0.6 is 31.9 Å². The van der Waals surface area contributed by atoms with E-state index in [1.54, 1.807) is 0 Å². The van der Waals surface area contributed by atoms with Gasteiger partial charge in [-0.05, 0) is 112 Å². The molecule has 0 amide bonds. The average Bonchev–Trinajstić information content (AvgIpc) is 2.76. The van der Waals surface area contributed by atoms with Gasteiger partial charge in [-0.15, -0.1) is 0 Å². The Bertz CT molecular complexity index is 1070. The standard InChI is InChI=1S/C27H28Br2O4/c1-18(2)23-17-22(13-14-24(23)30-16-15-27(28)29)33-26-8-6-5-7-25(26)32-21-11-9-20(10-12-21)31-19(3)4/h5-15,17-19H,16H2,1-4H3. The molecular formula is C27H28Br2O4. The van der Waals surface area contributed by atoms with Crippen molar-refractivity contribution < 1.29 is 18.9 Å². The van der Waals surface area contributed by atoms with Gasteiger partial charge in [0.1, 0.15) is 29.6 Å². The highest BCUT2D eigenvalue weighted by atomic mass is 79.9. The maximum absolute atomic E-state index is 6.21. The lowest BCUT2D eigenvalue weighted by molar-refractivity contribution is 0.242. The van der Waals surface area contributed by atoms with Crippen molar-refractivity contribution >= 4 is 31.9 Å². The van der Waals surface area contributed by atoms with Gasteiger partial charge in [0, 0.05) is 5.56 Å². The minimum Gasteiger partial charge on any atom is -0.491 e. The molecule has 3 aromatic rings. The molecule has 0 fully saturated rings. The van der Waals surface area contributed by atoms with Gasteiger partial charge >= 0.3 is 0 Å². The zero-order valence-corrected chi connectivity index (χ0v) is 22.4. The Morgan fingerprint density at radius 2 is 1.33 bits per heavy atom. The van der Waals surface area contributed by atoms with Crippen LogP contribution in [0.3, 0.4) is 0 Å². The third-order valence-corrected chi connectivity index (χ3v) is 5.23. The molecule has 0 unspecified atom stereocenters.